The third-order valence-corrected chi connectivity index (χ3v) is 3.27. The second-order valence-corrected chi connectivity index (χ2v) is 4.74. The van der Waals surface area contributed by atoms with E-state index in [1.807, 2.05) is 13.0 Å². The lowest BCUT2D eigenvalue weighted by molar-refractivity contribution is -0.385. The van der Waals surface area contributed by atoms with Crippen LogP contribution < -0.4 is 9.64 Å². The predicted octanol–water partition coefficient (Wildman–Crippen LogP) is 2.68. The first-order valence-electron chi connectivity index (χ1n) is 6.18. The summed E-state index contributed by atoms with van der Waals surface area (Å²) in [4.78, 5) is 28.0. The first-order valence-corrected chi connectivity index (χ1v) is 6.18. The van der Waals surface area contributed by atoms with Crippen molar-refractivity contribution in [3.05, 3.63) is 51.7 Å². The van der Waals surface area contributed by atoms with Crippen LogP contribution in [0.25, 0.3) is 0 Å². The molecule has 0 radical (unpaired) electrons. The average molecular weight is 285 g/mol. The summed E-state index contributed by atoms with van der Waals surface area (Å²) in [6.45, 7) is 1.90. The molecule has 3 rings (SSSR count). The SMILES string of the molecule is Cc1ccc2c(c1)Oc1ncc([N+](=O)[O-])cc1C(=O)N2C. The standard InChI is InChI=1S/C14H11N3O4/c1-8-3-4-11-12(5-8)21-13-10(14(18)16(11)2)6-9(7-15-13)17(19)20/h3-7H,1-2H3. The number of amides is 1. The van der Waals surface area contributed by atoms with Crippen molar-refractivity contribution in [3.8, 4) is 11.6 Å². The van der Waals surface area contributed by atoms with Crippen molar-refractivity contribution in [3.63, 3.8) is 0 Å². The summed E-state index contributed by atoms with van der Waals surface area (Å²) < 4.78 is 5.66. The number of nitrogens with zero attached hydrogens (tertiary/aromatic N) is 3. The number of anilines is 1. The highest BCUT2D eigenvalue weighted by atomic mass is 16.6. The van der Waals surface area contributed by atoms with E-state index in [1.165, 1.54) is 11.0 Å². The Morgan fingerprint density at radius 2 is 2.10 bits per heavy atom. The number of fused-ring (bicyclic) bond motifs is 2. The van der Waals surface area contributed by atoms with Crippen LogP contribution in [0.15, 0.2) is 30.5 Å². The maximum atomic E-state index is 12.4. The van der Waals surface area contributed by atoms with Gasteiger partial charge in [0.25, 0.3) is 11.6 Å². The fourth-order valence-corrected chi connectivity index (χ4v) is 2.15. The van der Waals surface area contributed by atoms with Crippen molar-refractivity contribution in [1.82, 2.24) is 4.98 Å². The molecule has 0 unspecified atom stereocenters. The van der Waals surface area contributed by atoms with Crippen LogP contribution in [-0.2, 0) is 0 Å². The number of benzene rings is 1. The minimum Gasteiger partial charge on any atom is -0.436 e. The molecule has 1 aliphatic heterocycles. The number of rotatable bonds is 1. The van der Waals surface area contributed by atoms with Gasteiger partial charge < -0.3 is 9.64 Å². The molecule has 0 bridgehead atoms. The van der Waals surface area contributed by atoms with Gasteiger partial charge in [0.2, 0.25) is 5.88 Å². The quantitative estimate of drug-likeness (QED) is 0.594. The molecule has 2 aromatic rings. The van der Waals surface area contributed by atoms with Gasteiger partial charge in [-0.25, -0.2) is 4.98 Å². The Morgan fingerprint density at radius 1 is 1.33 bits per heavy atom. The smallest absolute Gasteiger partial charge is 0.288 e. The minimum atomic E-state index is -0.595. The second-order valence-electron chi connectivity index (χ2n) is 4.74. The van der Waals surface area contributed by atoms with E-state index >= 15 is 0 Å². The maximum absolute atomic E-state index is 12.4. The molecule has 0 saturated heterocycles. The van der Waals surface area contributed by atoms with Crippen LogP contribution in [0.2, 0.25) is 0 Å². The van der Waals surface area contributed by atoms with Gasteiger partial charge in [0.05, 0.1) is 10.6 Å². The summed E-state index contributed by atoms with van der Waals surface area (Å²) in [6, 6.07) is 6.60. The van der Waals surface area contributed by atoms with Gasteiger partial charge in [-0.2, -0.15) is 0 Å². The fourth-order valence-electron chi connectivity index (χ4n) is 2.15. The second kappa shape index (κ2) is 4.55. The van der Waals surface area contributed by atoms with E-state index in [9.17, 15) is 14.9 Å². The molecule has 1 amide bonds. The number of nitro groups is 1. The third-order valence-electron chi connectivity index (χ3n) is 3.27. The Hall–Kier alpha value is -2.96. The first-order chi connectivity index (χ1) is 9.97. The zero-order valence-corrected chi connectivity index (χ0v) is 11.4. The van der Waals surface area contributed by atoms with E-state index in [2.05, 4.69) is 4.98 Å². The highest BCUT2D eigenvalue weighted by Gasteiger charge is 2.28. The molecule has 106 valence electrons. The van der Waals surface area contributed by atoms with Crippen LogP contribution in [0, 0.1) is 17.0 Å². The molecular formula is C14H11N3O4. The van der Waals surface area contributed by atoms with Crippen LogP contribution in [0.4, 0.5) is 11.4 Å². The number of aromatic nitrogens is 1. The molecule has 7 heteroatoms. The summed E-state index contributed by atoms with van der Waals surface area (Å²) in [5, 5.41) is 10.8. The Kier molecular flexibility index (Phi) is 2.83. The molecule has 2 heterocycles. The van der Waals surface area contributed by atoms with E-state index in [0.29, 0.717) is 11.4 Å². The Labute approximate surface area is 119 Å². The number of pyridine rings is 1. The topological polar surface area (TPSA) is 85.6 Å². The zero-order valence-electron chi connectivity index (χ0n) is 11.4. The van der Waals surface area contributed by atoms with Gasteiger partial charge >= 0.3 is 0 Å². The summed E-state index contributed by atoms with van der Waals surface area (Å²) in [6.07, 6.45) is 1.08. The van der Waals surface area contributed by atoms with Crippen molar-refractivity contribution in [1.29, 1.82) is 0 Å². The predicted molar refractivity (Wildman–Crippen MR) is 74.9 cm³/mol. The Morgan fingerprint density at radius 3 is 2.81 bits per heavy atom. The van der Waals surface area contributed by atoms with E-state index in [0.717, 1.165) is 11.8 Å². The molecule has 0 spiro atoms. The third kappa shape index (κ3) is 2.08. The highest BCUT2D eigenvalue weighted by molar-refractivity contribution is 6.09. The van der Waals surface area contributed by atoms with Crippen molar-refractivity contribution in [2.24, 2.45) is 0 Å². The van der Waals surface area contributed by atoms with Crippen LogP contribution in [0.3, 0.4) is 0 Å². The van der Waals surface area contributed by atoms with Crippen LogP contribution in [-0.4, -0.2) is 22.9 Å². The maximum Gasteiger partial charge on any atom is 0.288 e. The highest BCUT2D eigenvalue weighted by Crippen LogP contribution is 2.38. The summed E-state index contributed by atoms with van der Waals surface area (Å²) in [7, 11) is 1.59. The molecule has 0 atom stereocenters. The van der Waals surface area contributed by atoms with Gasteiger partial charge in [-0.1, -0.05) is 6.07 Å². The molecule has 0 fully saturated rings. The number of carbonyl (C=O) groups is 1. The molecule has 1 aromatic heterocycles. The van der Waals surface area contributed by atoms with E-state index in [-0.39, 0.29) is 17.1 Å². The van der Waals surface area contributed by atoms with Gasteiger partial charge in [0.1, 0.15) is 11.8 Å². The number of hydrogen-bond donors (Lipinski definition) is 0. The number of aryl methyl sites for hydroxylation is 1. The summed E-state index contributed by atoms with van der Waals surface area (Å²) in [5.41, 5.74) is 1.38. The fraction of sp³-hybridized carbons (Fsp3) is 0.143. The lowest BCUT2D eigenvalue weighted by atomic mass is 10.2. The molecular weight excluding hydrogens is 274 g/mol. The van der Waals surface area contributed by atoms with E-state index < -0.39 is 10.8 Å². The largest absolute Gasteiger partial charge is 0.436 e. The number of carbonyl (C=O) groups excluding carboxylic acids is 1. The van der Waals surface area contributed by atoms with Gasteiger partial charge in [-0.05, 0) is 24.6 Å². The van der Waals surface area contributed by atoms with Crippen LogP contribution in [0.1, 0.15) is 15.9 Å². The number of ether oxygens (including phenoxy) is 1. The average Bonchev–Trinajstić information content (AvgIpc) is 2.55. The molecule has 1 aromatic carbocycles. The Bertz CT molecular complexity index is 773. The Balaban J connectivity index is 2.19. The monoisotopic (exact) mass is 285 g/mol. The van der Waals surface area contributed by atoms with Crippen LogP contribution in [0.5, 0.6) is 11.6 Å². The van der Waals surface area contributed by atoms with Crippen LogP contribution >= 0.6 is 0 Å². The molecule has 1 aliphatic rings. The van der Waals surface area contributed by atoms with Gasteiger partial charge in [0.15, 0.2) is 5.75 Å². The molecule has 0 N–H and O–H groups in total. The molecule has 21 heavy (non-hydrogen) atoms. The summed E-state index contributed by atoms with van der Waals surface area (Å²) in [5.74, 6) is 0.163. The lowest BCUT2D eigenvalue weighted by Crippen LogP contribution is -2.25. The minimum absolute atomic E-state index is 0.0700. The van der Waals surface area contributed by atoms with E-state index in [4.69, 9.17) is 4.74 Å². The van der Waals surface area contributed by atoms with Crippen molar-refractivity contribution in [2.45, 2.75) is 6.92 Å². The normalized spacial score (nSPS) is 13.0. The van der Waals surface area contributed by atoms with Gasteiger partial charge in [0, 0.05) is 13.1 Å². The van der Waals surface area contributed by atoms with Crippen molar-refractivity contribution >= 4 is 17.3 Å². The molecule has 7 nitrogen and oxygen atoms in total. The zero-order chi connectivity index (χ0) is 15.1. The lowest BCUT2D eigenvalue weighted by Gasteiger charge is -2.16. The first kappa shape index (κ1) is 13.0. The van der Waals surface area contributed by atoms with E-state index in [1.54, 1.807) is 19.2 Å². The molecule has 0 saturated carbocycles. The molecule has 0 aliphatic carbocycles. The van der Waals surface area contributed by atoms with Gasteiger partial charge in [-0.3, -0.25) is 14.9 Å². The summed E-state index contributed by atoms with van der Waals surface area (Å²) >= 11 is 0. The van der Waals surface area contributed by atoms with Crippen molar-refractivity contribution in [2.75, 3.05) is 11.9 Å². The van der Waals surface area contributed by atoms with Gasteiger partial charge in [-0.15, -0.1) is 0 Å². The van der Waals surface area contributed by atoms with Crippen molar-refractivity contribution < 1.29 is 14.5 Å². The number of hydrogen-bond acceptors (Lipinski definition) is 5.